The lowest BCUT2D eigenvalue weighted by Gasteiger charge is -2.35. The van der Waals surface area contributed by atoms with Crippen LogP contribution in [-0.2, 0) is 47.3 Å². The van der Waals surface area contributed by atoms with Gasteiger partial charge in [0.05, 0.1) is 38.5 Å². The van der Waals surface area contributed by atoms with E-state index in [1.807, 2.05) is 0 Å². The smallest absolute Gasteiger partial charge is 0.126 e. The van der Waals surface area contributed by atoms with Crippen LogP contribution >= 0.6 is 0 Å². The summed E-state index contributed by atoms with van der Waals surface area (Å²) in [5, 5.41) is 31.2. The summed E-state index contributed by atoms with van der Waals surface area (Å²) < 4.78 is 28.9. The van der Waals surface area contributed by atoms with Gasteiger partial charge in [-0.15, -0.1) is 0 Å². The van der Waals surface area contributed by atoms with E-state index < -0.39 is 0 Å². The van der Waals surface area contributed by atoms with E-state index in [2.05, 4.69) is 363 Å². The fraction of sp³-hybridized carbons (Fsp3) is 0.333. The van der Waals surface area contributed by atoms with Crippen molar-refractivity contribution < 1.29 is 29.2 Å². The van der Waals surface area contributed by atoms with Crippen LogP contribution in [0, 0.1) is 0 Å². The predicted octanol–water partition coefficient (Wildman–Crippen LogP) is 24.5. The number of ether oxygens (including phenoxy) is 4. The number of fused-ring (bicyclic) bond motifs is 10. The third-order valence-electron chi connectivity index (χ3n) is 22.8. The van der Waals surface area contributed by atoms with Crippen LogP contribution in [0.4, 0.5) is 0 Å². The van der Waals surface area contributed by atoms with Crippen molar-refractivity contribution in [2.45, 2.75) is 181 Å². The van der Waals surface area contributed by atoms with Crippen LogP contribution in [0.5, 0.6) is 34.5 Å². The largest absolute Gasteiger partial charge is 0.507 e. The molecule has 0 amide bonds. The Morgan fingerprint density at radius 2 is 0.564 bits per heavy atom. The number of aromatic hydroxyl groups is 2. The molecular weight excluding hydrogens is 1350 g/mol. The molecule has 13 rings (SSSR count). The number of phenols is 2. The van der Waals surface area contributed by atoms with Gasteiger partial charge < -0.3 is 29.2 Å². The zero-order chi connectivity index (χ0) is 77.8. The third kappa shape index (κ3) is 17.4. The molecule has 8 nitrogen and oxygen atoms in total. The average Bonchev–Trinajstić information content (AvgIpc) is 0.770. The Hall–Kier alpha value is -10.1. The van der Waals surface area contributed by atoms with Crippen LogP contribution in [0.1, 0.15) is 234 Å². The summed E-state index contributed by atoms with van der Waals surface area (Å²) in [5.41, 5.74) is 17.8. The summed E-state index contributed by atoms with van der Waals surface area (Å²) >= 11 is 0. The van der Waals surface area contributed by atoms with Gasteiger partial charge in [0.25, 0.3) is 0 Å². The minimum absolute atomic E-state index is 0.0879. The summed E-state index contributed by atoms with van der Waals surface area (Å²) in [7, 11) is 4.46. The number of hydrogen-bond donors (Lipinski definition) is 2. The van der Waals surface area contributed by atoms with E-state index in [1.54, 1.807) is 0 Å². The molecule has 0 aliphatic heterocycles. The second kappa shape index (κ2) is 32.8. The van der Waals surface area contributed by atoms with E-state index >= 15 is 0 Å². The van der Waals surface area contributed by atoms with Gasteiger partial charge in [-0.1, -0.05) is 314 Å². The molecule has 0 heterocycles. The first-order valence-corrected chi connectivity index (χ1v) is 39.8. The zero-order valence-electron chi connectivity index (χ0n) is 67.9. The molecule has 1 aliphatic carbocycles. The van der Waals surface area contributed by atoms with Gasteiger partial charge in [-0.2, -0.15) is 0 Å². The highest BCUT2D eigenvalue weighted by Gasteiger charge is 2.34. The molecule has 0 radical (unpaired) electrons. The van der Waals surface area contributed by atoms with Crippen molar-refractivity contribution in [2.75, 3.05) is 40.5 Å². The van der Waals surface area contributed by atoms with Gasteiger partial charge in [-0.05, 0) is 172 Å². The van der Waals surface area contributed by atoms with Gasteiger partial charge in [-0.25, -0.2) is 0 Å². The Morgan fingerprint density at radius 3 is 0.855 bits per heavy atom. The SMILES string of the molecule is C[C@H](c1ccccc1)N(C)[C@H](c1ccccc1)c1c(OCCCOc2c3cc(C(C)(C)C)cc2Cc2cc(C(C)(C)C)cc(c2O)Cc2cc(C(C)(C)C)cc(c2OCCCOc2ccc4ccccc4c2[C@@H](c2ccccc2)N(C)[C@H](C)c2ccccc2)Cc2cc(C(C)(C)C)cc(c2O)C3)ccc2ccccc12. The van der Waals surface area contributed by atoms with E-state index in [9.17, 15) is 10.2 Å². The first kappa shape index (κ1) is 78.0. The maximum Gasteiger partial charge on any atom is 0.126 e. The van der Waals surface area contributed by atoms with Crippen molar-refractivity contribution in [2.24, 2.45) is 0 Å². The standard InChI is InChI=1S/C102H114N2O6/c1-67(69-35-21-17-22-36-69)103(15)93(73-41-25-19-26-42-73)91-87-45-31-29-39-71(87)47-49-89(91)107-51-33-53-109-97-79-55-75-59-83(99(3,4)5)61-77(95(75)105)57-81-65-86(102(12,13)14)66-82(58-78-62-84(100(6,7)8)60-76(96(78)106)56-80(97)64-85(63-79)101(9,10)11)98(81)110-54-34-52-108-90-50-48-72-40-30-32-46-88(72)92(90)94(74-43-27-20-28-44-74)104(16)68(2)70-37-23-18-24-38-70/h17-32,35-50,59-68,93-94,105-106H,33-34,51-58H2,1-16H3/t67-,68-,93-,94-/m1/s1. The van der Waals surface area contributed by atoms with E-state index in [0.717, 1.165) is 122 Å². The second-order valence-electron chi connectivity index (χ2n) is 34.9. The first-order chi connectivity index (χ1) is 52.6. The van der Waals surface area contributed by atoms with Gasteiger partial charge in [0, 0.05) is 61.7 Å². The molecule has 1 aliphatic rings. The molecular formula is C102H114N2O6. The molecule has 568 valence electrons. The van der Waals surface area contributed by atoms with Crippen LogP contribution in [0.15, 0.2) is 243 Å². The third-order valence-corrected chi connectivity index (χ3v) is 22.8. The first-order valence-electron chi connectivity index (χ1n) is 39.8. The summed E-state index contributed by atoms with van der Waals surface area (Å²) in [5.74, 6) is 3.73. The van der Waals surface area contributed by atoms with Crippen LogP contribution in [0.3, 0.4) is 0 Å². The minimum atomic E-state index is -0.276. The molecule has 12 aromatic rings. The van der Waals surface area contributed by atoms with Crippen LogP contribution in [0.2, 0.25) is 0 Å². The normalized spacial score (nSPS) is 14.0. The summed E-state index contributed by atoms with van der Waals surface area (Å²) in [4.78, 5) is 4.94. The monoisotopic (exact) mass is 1460 g/mol. The Morgan fingerprint density at radius 1 is 0.309 bits per heavy atom. The molecule has 2 N–H and O–H groups in total. The maximum atomic E-state index is 13.3. The summed E-state index contributed by atoms with van der Waals surface area (Å²) in [6, 6.07) is 87.1. The average molecular weight is 1460 g/mol. The van der Waals surface area contributed by atoms with Crippen molar-refractivity contribution in [3.63, 3.8) is 0 Å². The highest BCUT2D eigenvalue weighted by Crippen LogP contribution is 2.48. The van der Waals surface area contributed by atoms with Gasteiger partial charge in [0.15, 0.2) is 0 Å². The lowest BCUT2D eigenvalue weighted by Crippen LogP contribution is -2.29. The molecule has 8 bridgehead atoms. The van der Waals surface area contributed by atoms with E-state index in [-0.39, 0.29) is 57.3 Å². The van der Waals surface area contributed by atoms with Crippen molar-refractivity contribution in [1.29, 1.82) is 0 Å². The molecule has 4 atom stereocenters. The number of phenolic OH excluding ortho intramolecular Hbond substituents is 2. The Labute approximate surface area is 655 Å². The topological polar surface area (TPSA) is 83.9 Å². The Balaban J connectivity index is 0.864. The lowest BCUT2D eigenvalue weighted by atomic mass is 9.79. The van der Waals surface area contributed by atoms with E-state index in [1.165, 1.54) is 22.3 Å². The van der Waals surface area contributed by atoms with Crippen LogP contribution in [0.25, 0.3) is 21.5 Å². The van der Waals surface area contributed by atoms with Crippen LogP contribution < -0.4 is 18.9 Å². The molecule has 0 saturated heterocycles. The molecule has 110 heavy (non-hydrogen) atoms. The van der Waals surface area contributed by atoms with Crippen molar-refractivity contribution in [1.82, 2.24) is 9.80 Å². The number of benzene rings is 12. The number of rotatable bonds is 22. The van der Waals surface area contributed by atoms with E-state index in [0.29, 0.717) is 65.0 Å². The molecule has 0 fully saturated rings. The quantitative estimate of drug-likeness (QED) is 0.0650. The predicted molar refractivity (Wildman–Crippen MR) is 456 cm³/mol. The molecule has 0 spiro atoms. The van der Waals surface area contributed by atoms with Crippen molar-refractivity contribution in [3.05, 3.63) is 343 Å². The maximum absolute atomic E-state index is 13.3. The van der Waals surface area contributed by atoms with Crippen molar-refractivity contribution >= 4 is 21.5 Å². The fourth-order valence-corrected chi connectivity index (χ4v) is 16.1. The van der Waals surface area contributed by atoms with Gasteiger partial charge in [-0.3, -0.25) is 9.80 Å². The van der Waals surface area contributed by atoms with Gasteiger partial charge in [0.1, 0.15) is 34.5 Å². The second-order valence-corrected chi connectivity index (χ2v) is 34.9. The number of nitrogens with zero attached hydrogens (tertiary/aromatic N) is 2. The summed E-state index contributed by atoms with van der Waals surface area (Å²) in [6.45, 7) is 33.2. The fourth-order valence-electron chi connectivity index (χ4n) is 16.1. The molecule has 0 aromatic heterocycles. The Bertz CT molecular complexity index is 4750. The molecule has 8 heteroatoms. The summed E-state index contributed by atoms with van der Waals surface area (Å²) in [6.07, 6.45) is 2.74. The van der Waals surface area contributed by atoms with Gasteiger partial charge >= 0.3 is 0 Å². The molecule has 0 unspecified atom stereocenters. The molecule has 12 aromatic carbocycles. The zero-order valence-corrected chi connectivity index (χ0v) is 67.9. The van der Waals surface area contributed by atoms with E-state index in [4.69, 9.17) is 18.9 Å². The Kier molecular flexibility index (Phi) is 23.3. The highest BCUT2D eigenvalue weighted by atomic mass is 16.5. The van der Waals surface area contributed by atoms with Gasteiger partial charge in [0.2, 0.25) is 0 Å². The van der Waals surface area contributed by atoms with Crippen molar-refractivity contribution in [3.8, 4) is 34.5 Å². The minimum Gasteiger partial charge on any atom is -0.507 e. The molecule has 0 saturated carbocycles. The lowest BCUT2D eigenvalue weighted by molar-refractivity contribution is 0.205. The highest BCUT2D eigenvalue weighted by molar-refractivity contribution is 5.90. The van der Waals surface area contributed by atoms with Crippen LogP contribution in [-0.4, -0.2) is 60.5 Å². The number of hydrogen-bond acceptors (Lipinski definition) is 8.